The predicted molar refractivity (Wildman–Crippen MR) is 62.5 cm³/mol. The molecule has 17 heavy (non-hydrogen) atoms. The van der Waals surface area contributed by atoms with Gasteiger partial charge in [0.05, 0.1) is 34.4 Å². The Morgan fingerprint density at radius 1 is 1.24 bits per heavy atom. The number of hydrogen-bond donors (Lipinski definition) is 2. The fourth-order valence-corrected chi connectivity index (χ4v) is 1.64. The zero-order chi connectivity index (χ0) is 13.5. The molecule has 0 radical (unpaired) electrons. The Hall–Kier alpha value is -0.0100. The summed E-state index contributed by atoms with van der Waals surface area (Å²) in [6.45, 7) is 0.428. The van der Waals surface area contributed by atoms with Gasteiger partial charge in [0.2, 0.25) is 0 Å². The molecule has 0 saturated heterocycles. The Kier molecular flexibility index (Phi) is 7.43. The third-order valence-corrected chi connectivity index (χ3v) is 2.79. The van der Waals surface area contributed by atoms with Crippen LogP contribution in [0, 0.1) is 0 Å². The summed E-state index contributed by atoms with van der Waals surface area (Å²) in [5.41, 5.74) is 0. The van der Waals surface area contributed by atoms with Crippen molar-refractivity contribution >= 4 is 7.82 Å². The molecule has 0 saturated carbocycles. The molecule has 0 aliphatic carbocycles. The van der Waals surface area contributed by atoms with Gasteiger partial charge in [-0.15, -0.1) is 0 Å². The average molecular weight is 272 g/mol. The summed E-state index contributed by atoms with van der Waals surface area (Å²) in [7, 11) is 3.15. The van der Waals surface area contributed by atoms with E-state index in [9.17, 15) is 14.6 Å². The molecule has 1 unspecified atom stereocenters. The monoisotopic (exact) mass is 272 g/mol. The lowest BCUT2D eigenvalue weighted by atomic mass is 10.4. The first-order chi connectivity index (χ1) is 7.66. The lowest BCUT2D eigenvalue weighted by Gasteiger charge is -2.24. The normalized spacial score (nSPS) is 17.8. The number of phosphoric ester groups is 1. The van der Waals surface area contributed by atoms with Gasteiger partial charge in [0, 0.05) is 7.11 Å². The zero-order valence-corrected chi connectivity index (χ0v) is 11.7. The Bertz CT molecular complexity index is 254. The van der Waals surface area contributed by atoms with Crippen molar-refractivity contribution in [2.24, 2.45) is 0 Å². The molecule has 0 aliphatic heterocycles. The van der Waals surface area contributed by atoms with Crippen LogP contribution in [0.4, 0.5) is 0 Å². The molecule has 104 valence electrons. The molecule has 0 amide bonds. The van der Waals surface area contributed by atoms with Crippen LogP contribution < -0.4 is 0 Å². The SMILES string of the molecule is COC[C@@H](O)COP(=O)(O)OCC[N+](C)(C)C. The summed E-state index contributed by atoms with van der Waals surface area (Å²) in [5.74, 6) is 0. The van der Waals surface area contributed by atoms with Crippen LogP contribution in [0.5, 0.6) is 0 Å². The van der Waals surface area contributed by atoms with Gasteiger partial charge in [-0.05, 0) is 0 Å². The Morgan fingerprint density at radius 3 is 2.29 bits per heavy atom. The molecule has 0 aromatic rings. The minimum absolute atomic E-state index is 0.0406. The van der Waals surface area contributed by atoms with Crippen molar-refractivity contribution in [3.8, 4) is 0 Å². The van der Waals surface area contributed by atoms with E-state index < -0.39 is 13.9 Å². The van der Waals surface area contributed by atoms with E-state index in [0.29, 0.717) is 11.0 Å². The van der Waals surface area contributed by atoms with Crippen molar-refractivity contribution < 1.29 is 32.8 Å². The number of methoxy groups -OCH3 is 1. The van der Waals surface area contributed by atoms with Crippen LogP contribution in [-0.4, -0.2) is 75.2 Å². The van der Waals surface area contributed by atoms with Gasteiger partial charge in [0.25, 0.3) is 0 Å². The topological polar surface area (TPSA) is 85.2 Å². The highest BCUT2D eigenvalue weighted by Crippen LogP contribution is 2.43. The molecule has 2 N–H and O–H groups in total. The molecule has 0 heterocycles. The second-order valence-corrected chi connectivity index (χ2v) is 6.17. The fourth-order valence-electron chi connectivity index (χ4n) is 0.888. The van der Waals surface area contributed by atoms with Gasteiger partial charge in [-0.3, -0.25) is 9.05 Å². The van der Waals surface area contributed by atoms with Gasteiger partial charge in [0.15, 0.2) is 0 Å². The van der Waals surface area contributed by atoms with E-state index in [2.05, 4.69) is 9.26 Å². The highest BCUT2D eigenvalue weighted by atomic mass is 31.2. The third-order valence-electron chi connectivity index (χ3n) is 1.81. The lowest BCUT2D eigenvalue weighted by Crippen LogP contribution is -2.37. The summed E-state index contributed by atoms with van der Waals surface area (Å²) < 4.78 is 26.0. The minimum atomic E-state index is -4.08. The molecule has 0 rings (SSSR count). The molecule has 7 nitrogen and oxygen atoms in total. The number of aliphatic hydroxyl groups excluding tert-OH is 1. The fraction of sp³-hybridized carbons (Fsp3) is 1.00. The Labute approximate surface area is 102 Å². The molecule has 0 spiro atoms. The summed E-state index contributed by atoms with van der Waals surface area (Å²) in [6, 6.07) is 0. The van der Waals surface area contributed by atoms with E-state index in [-0.39, 0.29) is 19.8 Å². The quantitative estimate of drug-likeness (QED) is 0.448. The predicted octanol–water partition coefficient (Wildman–Crippen LogP) is -0.167. The molecule has 0 fully saturated rings. The van der Waals surface area contributed by atoms with Crippen molar-refractivity contribution in [3.05, 3.63) is 0 Å². The lowest BCUT2D eigenvalue weighted by molar-refractivity contribution is -0.870. The second kappa shape index (κ2) is 7.43. The second-order valence-electron chi connectivity index (χ2n) is 4.72. The maximum absolute atomic E-state index is 11.4. The standard InChI is InChI=1S/C9H22NO6P/c1-10(2,3)5-6-15-17(12,13)16-8-9(11)7-14-4/h9,11H,5-8H2,1-4H3/p+1/t9-/m1/s1. The molecule has 0 aromatic carbocycles. The average Bonchev–Trinajstić information content (AvgIpc) is 2.13. The number of ether oxygens (including phenoxy) is 1. The highest BCUT2D eigenvalue weighted by molar-refractivity contribution is 7.47. The van der Waals surface area contributed by atoms with Crippen molar-refractivity contribution in [1.82, 2.24) is 0 Å². The first-order valence-electron chi connectivity index (χ1n) is 5.25. The minimum Gasteiger partial charge on any atom is -0.388 e. The molecular formula is C9H23NO6P+. The number of phosphoric acid groups is 1. The van der Waals surface area contributed by atoms with E-state index in [0.717, 1.165) is 0 Å². The van der Waals surface area contributed by atoms with Crippen molar-refractivity contribution in [3.63, 3.8) is 0 Å². The molecule has 8 heteroatoms. The van der Waals surface area contributed by atoms with Crippen LogP contribution in [0.15, 0.2) is 0 Å². The van der Waals surface area contributed by atoms with Gasteiger partial charge in [-0.2, -0.15) is 0 Å². The van der Waals surface area contributed by atoms with Crippen LogP contribution in [0.3, 0.4) is 0 Å². The van der Waals surface area contributed by atoms with Crippen molar-refractivity contribution in [1.29, 1.82) is 0 Å². The maximum Gasteiger partial charge on any atom is 0.472 e. The van der Waals surface area contributed by atoms with Crippen LogP contribution in [0.2, 0.25) is 0 Å². The van der Waals surface area contributed by atoms with E-state index in [1.54, 1.807) is 0 Å². The molecule has 2 atom stereocenters. The van der Waals surface area contributed by atoms with Crippen LogP contribution >= 0.6 is 7.82 Å². The summed E-state index contributed by atoms with van der Waals surface area (Å²) in [6.07, 6.45) is -0.942. The number of nitrogens with zero attached hydrogens (tertiary/aromatic N) is 1. The third kappa shape index (κ3) is 10.8. The van der Waals surface area contributed by atoms with Gasteiger partial charge in [0.1, 0.15) is 19.3 Å². The van der Waals surface area contributed by atoms with E-state index >= 15 is 0 Å². The zero-order valence-electron chi connectivity index (χ0n) is 10.8. The molecular weight excluding hydrogens is 249 g/mol. The Balaban J connectivity index is 3.84. The number of likely N-dealkylation sites (N-methyl/N-ethyl adjacent to an activating group) is 1. The molecule has 0 aromatic heterocycles. The first-order valence-corrected chi connectivity index (χ1v) is 6.75. The maximum atomic E-state index is 11.4. The smallest absolute Gasteiger partial charge is 0.388 e. The molecule has 0 aliphatic rings. The van der Waals surface area contributed by atoms with Crippen molar-refractivity contribution in [2.75, 3.05) is 54.6 Å². The van der Waals surface area contributed by atoms with Crippen molar-refractivity contribution in [2.45, 2.75) is 6.10 Å². The highest BCUT2D eigenvalue weighted by Gasteiger charge is 2.23. The molecule has 0 bridgehead atoms. The Morgan fingerprint density at radius 2 is 1.82 bits per heavy atom. The first kappa shape index (κ1) is 17.0. The number of quaternary nitrogens is 1. The summed E-state index contributed by atoms with van der Waals surface area (Å²) >= 11 is 0. The number of aliphatic hydroxyl groups is 1. The van der Waals surface area contributed by atoms with Crippen LogP contribution in [0.25, 0.3) is 0 Å². The number of hydrogen-bond acceptors (Lipinski definition) is 5. The largest absolute Gasteiger partial charge is 0.472 e. The van der Waals surface area contributed by atoms with E-state index in [4.69, 9.17) is 4.52 Å². The van der Waals surface area contributed by atoms with E-state index in [1.165, 1.54) is 7.11 Å². The van der Waals surface area contributed by atoms with Gasteiger partial charge in [-0.1, -0.05) is 0 Å². The summed E-state index contributed by atoms with van der Waals surface area (Å²) in [4.78, 5) is 9.28. The van der Waals surface area contributed by atoms with Crippen LogP contribution in [0.1, 0.15) is 0 Å². The van der Waals surface area contributed by atoms with Gasteiger partial charge in [-0.25, -0.2) is 4.57 Å². The van der Waals surface area contributed by atoms with Gasteiger partial charge < -0.3 is 19.2 Å². The summed E-state index contributed by atoms with van der Waals surface area (Å²) in [5, 5.41) is 9.23. The van der Waals surface area contributed by atoms with Crippen LogP contribution in [-0.2, 0) is 18.3 Å². The number of rotatable bonds is 9. The van der Waals surface area contributed by atoms with E-state index in [1.807, 2.05) is 21.1 Å². The van der Waals surface area contributed by atoms with Gasteiger partial charge >= 0.3 is 7.82 Å².